The van der Waals surface area contributed by atoms with Gasteiger partial charge in [-0.15, -0.1) is 0 Å². The van der Waals surface area contributed by atoms with Crippen molar-refractivity contribution in [2.24, 2.45) is 0 Å². The van der Waals surface area contributed by atoms with Crippen molar-refractivity contribution in [3.63, 3.8) is 0 Å². The molecule has 1 atom stereocenters. The highest BCUT2D eigenvalue weighted by molar-refractivity contribution is 7.99. The summed E-state index contributed by atoms with van der Waals surface area (Å²) in [4.78, 5) is 0. The topological polar surface area (TPSA) is 12.0 Å². The van der Waals surface area contributed by atoms with Gasteiger partial charge in [-0.1, -0.05) is 43.1 Å². The van der Waals surface area contributed by atoms with Gasteiger partial charge in [0.05, 0.1) is 10.0 Å². The van der Waals surface area contributed by atoms with Gasteiger partial charge in [-0.2, -0.15) is 11.8 Å². The lowest BCUT2D eigenvalue weighted by Gasteiger charge is -2.18. The van der Waals surface area contributed by atoms with Crippen LogP contribution in [-0.2, 0) is 6.42 Å². The molecule has 0 aliphatic heterocycles. The summed E-state index contributed by atoms with van der Waals surface area (Å²) in [7, 11) is 0. The Labute approximate surface area is 125 Å². The van der Waals surface area contributed by atoms with Crippen molar-refractivity contribution >= 4 is 35.0 Å². The van der Waals surface area contributed by atoms with Gasteiger partial charge >= 0.3 is 0 Å². The van der Waals surface area contributed by atoms with Gasteiger partial charge in [0.2, 0.25) is 0 Å². The number of halogens is 2. The minimum Gasteiger partial charge on any atom is -0.313 e. The van der Waals surface area contributed by atoms with Gasteiger partial charge in [-0.3, -0.25) is 0 Å². The normalized spacial score (nSPS) is 12.7. The Hall–Kier alpha value is 0.110. The molecule has 0 aliphatic carbocycles. The van der Waals surface area contributed by atoms with E-state index in [0.717, 1.165) is 30.9 Å². The first-order valence-electron chi connectivity index (χ1n) is 6.42. The van der Waals surface area contributed by atoms with Gasteiger partial charge < -0.3 is 5.32 Å². The third kappa shape index (κ3) is 5.83. The van der Waals surface area contributed by atoms with Crippen LogP contribution in [0.3, 0.4) is 0 Å². The minimum absolute atomic E-state index is 0.507. The SMILES string of the molecule is CCCNC(CSCC)Cc1ccc(Cl)c(Cl)c1. The molecule has 0 amide bonds. The fraction of sp³-hybridized carbons (Fsp3) is 0.571. The summed E-state index contributed by atoms with van der Waals surface area (Å²) in [5, 5.41) is 4.86. The average molecular weight is 306 g/mol. The molecule has 1 aromatic carbocycles. The average Bonchev–Trinajstić information content (AvgIpc) is 2.37. The molecule has 0 saturated carbocycles. The zero-order chi connectivity index (χ0) is 13.4. The number of thioether (sulfide) groups is 1. The maximum atomic E-state index is 6.05. The van der Waals surface area contributed by atoms with Crippen molar-refractivity contribution in [2.45, 2.75) is 32.7 Å². The first-order chi connectivity index (χ1) is 8.67. The highest BCUT2D eigenvalue weighted by Crippen LogP contribution is 2.23. The number of hydrogen-bond acceptors (Lipinski definition) is 2. The van der Waals surface area contributed by atoms with E-state index in [4.69, 9.17) is 23.2 Å². The molecule has 0 spiro atoms. The summed E-state index contributed by atoms with van der Waals surface area (Å²) < 4.78 is 0. The zero-order valence-electron chi connectivity index (χ0n) is 11.0. The number of benzene rings is 1. The quantitative estimate of drug-likeness (QED) is 0.750. The van der Waals surface area contributed by atoms with Gasteiger partial charge in [-0.25, -0.2) is 0 Å². The van der Waals surface area contributed by atoms with Gasteiger partial charge in [0.25, 0.3) is 0 Å². The summed E-state index contributed by atoms with van der Waals surface area (Å²) in [6.45, 7) is 5.45. The second-order valence-electron chi connectivity index (χ2n) is 4.26. The van der Waals surface area contributed by atoms with E-state index in [2.05, 4.69) is 25.2 Å². The Morgan fingerprint density at radius 1 is 1.22 bits per heavy atom. The standard InChI is InChI=1S/C14H21Cl2NS/c1-3-7-17-12(10-18-4-2)8-11-5-6-13(15)14(16)9-11/h5-6,9,12,17H,3-4,7-8,10H2,1-2H3. The lowest BCUT2D eigenvalue weighted by Crippen LogP contribution is -2.34. The minimum atomic E-state index is 0.507. The largest absolute Gasteiger partial charge is 0.313 e. The maximum absolute atomic E-state index is 6.05. The van der Waals surface area contributed by atoms with E-state index in [-0.39, 0.29) is 0 Å². The van der Waals surface area contributed by atoms with Crippen LogP contribution in [0, 0.1) is 0 Å². The first kappa shape index (κ1) is 16.2. The molecular formula is C14H21Cl2NS. The van der Waals surface area contributed by atoms with Crippen LogP contribution in [-0.4, -0.2) is 24.1 Å². The van der Waals surface area contributed by atoms with Crippen LogP contribution in [0.5, 0.6) is 0 Å². The summed E-state index contributed by atoms with van der Waals surface area (Å²) in [6, 6.07) is 6.42. The van der Waals surface area contributed by atoms with Crippen LogP contribution in [0.25, 0.3) is 0 Å². The molecular weight excluding hydrogens is 285 g/mol. The molecule has 1 unspecified atom stereocenters. The molecule has 0 radical (unpaired) electrons. The zero-order valence-corrected chi connectivity index (χ0v) is 13.3. The van der Waals surface area contributed by atoms with E-state index in [0.29, 0.717) is 16.1 Å². The predicted octanol–water partition coefficient (Wildman–Crippen LogP) is 4.66. The predicted molar refractivity (Wildman–Crippen MR) is 85.2 cm³/mol. The fourth-order valence-electron chi connectivity index (χ4n) is 1.75. The molecule has 1 N–H and O–H groups in total. The van der Waals surface area contributed by atoms with Crippen molar-refractivity contribution < 1.29 is 0 Å². The molecule has 0 bridgehead atoms. The molecule has 0 aromatic heterocycles. The van der Waals surface area contributed by atoms with Gasteiger partial charge in [0.15, 0.2) is 0 Å². The highest BCUT2D eigenvalue weighted by atomic mass is 35.5. The third-order valence-corrected chi connectivity index (χ3v) is 4.46. The molecule has 0 saturated heterocycles. The molecule has 0 fully saturated rings. The van der Waals surface area contributed by atoms with E-state index < -0.39 is 0 Å². The van der Waals surface area contributed by atoms with E-state index in [9.17, 15) is 0 Å². The Bertz CT molecular complexity index is 350. The number of nitrogens with one attached hydrogen (secondary N) is 1. The van der Waals surface area contributed by atoms with Crippen LogP contribution in [0.4, 0.5) is 0 Å². The Balaban J connectivity index is 2.59. The van der Waals surface area contributed by atoms with Crippen molar-refractivity contribution in [3.05, 3.63) is 33.8 Å². The maximum Gasteiger partial charge on any atom is 0.0595 e. The van der Waals surface area contributed by atoms with Gasteiger partial charge in [0, 0.05) is 11.8 Å². The summed E-state index contributed by atoms with van der Waals surface area (Å²) >= 11 is 14.0. The molecule has 1 aromatic rings. The molecule has 1 rings (SSSR count). The van der Waals surface area contributed by atoms with Crippen molar-refractivity contribution in [2.75, 3.05) is 18.1 Å². The molecule has 18 heavy (non-hydrogen) atoms. The molecule has 1 nitrogen and oxygen atoms in total. The first-order valence-corrected chi connectivity index (χ1v) is 8.33. The third-order valence-electron chi connectivity index (χ3n) is 2.67. The molecule has 4 heteroatoms. The van der Waals surface area contributed by atoms with Crippen molar-refractivity contribution in [1.82, 2.24) is 5.32 Å². The summed E-state index contributed by atoms with van der Waals surface area (Å²) in [5.41, 5.74) is 1.25. The van der Waals surface area contributed by atoms with Crippen LogP contribution in [0.15, 0.2) is 18.2 Å². The van der Waals surface area contributed by atoms with E-state index in [1.807, 2.05) is 23.9 Å². The fourth-order valence-corrected chi connectivity index (χ4v) is 2.83. The highest BCUT2D eigenvalue weighted by Gasteiger charge is 2.09. The van der Waals surface area contributed by atoms with E-state index >= 15 is 0 Å². The second kappa shape index (κ2) is 9.08. The van der Waals surface area contributed by atoms with Gasteiger partial charge in [0.1, 0.15) is 0 Å². The van der Waals surface area contributed by atoms with E-state index in [1.165, 1.54) is 5.56 Å². The molecule has 102 valence electrons. The molecule has 0 heterocycles. The Morgan fingerprint density at radius 2 is 2.00 bits per heavy atom. The second-order valence-corrected chi connectivity index (χ2v) is 6.40. The van der Waals surface area contributed by atoms with Crippen LogP contribution < -0.4 is 5.32 Å². The number of rotatable bonds is 8. The van der Waals surface area contributed by atoms with Crippen LogP contribution in [0.2, 0.25) is 10.0 Å². The van der Waals surface area contributed by atoms with Crippen LogP contribution >= 0.6 is 35.0 Å². The summed E-state index contributed by atoms with van der Waals surface area (Å²) in [5.74, 6) is 2.29. The van der Waals surface area contributed by atoms with Crippen molar-refractivity contribution in [3.8, 4) is 0 Å². The molecule has 0 aliphatic rings. The lowest BCUT2D eigenvalue weighted by atomic mass is 10.1. The monoisotopic (exact) mass is 305 g/mol. The Morgan fingerprint density at radius 3 is 2.61 bits per heavy atom. The van der Waals surface area contributed by atoms with Crippen LogP contribution in [0.1, 0.15) is 25.8 Å². The summed E-state index contributed by atoms with van der Waals surface area (Å²) in [6.07, 6.45) is 2.17. The van der Waals surface area contributed by atoms with E-state index in [1.54, 1.807) is 0 Å². The smallest absolute Gasteiger partial charge is 0.0595 e. The van der Waals surface area contributed by atoms with Gasteiger partial charge in [-0.05, 0) is 42.8 Å². The lowest BCUT2D eigenvalue weighted by molar-refractivity contribution is 0.550. The number of hydrogen-bond donors (Lipinski definition) is 1. The Kier molecular flexibility index (Phi) is 8.16. The van der Waals surface area contributed by atoms with Crippen molar-refractivity contribution in [1.29, 1.82) is 0 Å².